The molecule has 0 N–H and O–H groups in total. The molecule has 128 valence electrons. The number of benzene rings is 1. The average molecular weight is 363 g/mol. The van der Waals surface area contributed by atoms with Crippen LogP contribution in [0.1, 0.15) is 18.9 Å². The SMILES string of the molecule is CCN(CC1CCOC1)S(=O)(=O)c1cc(Cl)c(C)c([N+](=O)[O-])c1. The summed E-state index contributed by atoms with van der Waals surface area (Å²) in [4.78, 5) is 10.3. The Morgan fingerprint density at radius 2 is 2.17 bits per heavy atom. The molecule has 0 saturated carbocycles. The maximum absolute atomic E-state index is 12.8. The minimum atomic E-state index is -3.84. The molecule has 1 fully saturated rings. The summed E-state index contributed by atoms with van der Waals surface area (Å²) in [5, 5.41) is 11.2. The van der Waals surface area contributed by atoms with E-state index in [1.165, 1.54) is 17.3 Å². The molecule has 0 radical (unpaired) electrons. The average Bonchev–Trinajstić information content (AvgIpc) is 2.99. The first-order valence-electron chi connectivity index (χ1n) is 7.29. The van der Waals surface area contributed by atoms with Crippen LogP contribution in [0, 0.1) is 23.0 Å². The van der Waals surface area contributed by atoms with E-state index in [4.69, 9.17) is 16.3 Å². The molecule has 1 aliphatic rings. The van der Waals surface area contributed by atoms with Crippen LogP contribution >= 0.6 is 11.6 Å². The Labute approximate surface area is 140 Å². The molecule has 9 heteroatoms. The molecule has 23 heavy (non-hydrogen) atoms. The van der Waals surface area contributed by atoms with Crippen molar-refractivity contribution in [3.05, 3.63) is 32.8 Å². The largest absolute Gasteiger partial charge is 0.381 e. The second-order valence-corrected chi connectivity index (χ2v) is 7.84. The molecule has 0 aliphatic carbocycles. The smallest absolute Gasteiger partial charge is 0.275 e. The first-order valence-corrected chi connectivity index (χ1v) is 9.11. The van der Waals surface area contributed by atoms with Crippen LogP contribution in [-0.2, 0) is 14.8 Å². The van der Waals surface area contributed by atoms with Crippen molar-refractivity contribution in [1.82, 2.24) is 4.31 Å². The van der Waals surface area contributed by atoms with Crippen LogP contribution in [0.5, 0.6) is 0 Å². The summed E-state index contributed by atoms with van der Waals surface area (Å²) >= 11 is 5.98. The molecule has 2 rings (SSSR count). The summed E-state index contributed by atoms with van der Waals surface area (Å²) in [5.41, 5.74) is -0.0424. The van der Waals surface area contributed by atoms with Gasteiger partial charge >= 0.3 is 0 Å². The second kappa shape index (κ2) is 7.12. The standard InChI is InChI=1S/C14H19ClN2O5S/c1-3-16(8-11-4-5-22-9-11)23(20,21)12-6-13(15)10(2)14(7-12)17(18)19/h6-7,11H,3-5,8-9H2,1-2H3. The minimum absolute atomic E-state index is 0.0676. The fourth-order valence-corrected chi connectivity index (χ4v) is 4.39. The maximum atomic E-state index is 12.8. The molecule has 0 bridgehead atoms. The van der Waals surface area contributed by atoms with Crippen molar-refractivity contribution in [2.45, 2.75) is 25.2 Å². The van der Waals surface area contributed by atoms with Crippen molar-refractivity contribution in [3.63, 3.8) is 0 Å². The maximum Gasteiger partial charge on any atom is 0.275 e. The number of hydrogen-bond acceptors (Lipinski definition) is 5. The number of sulfonamides is 1. The van der Waals surface area contributed by atoms with Gasteiger partial charge in [0, 0.05) is 31.3 Å². The van der Waals surface area contributed by atoms with Crippen molar-refractivity contribution < 1.29 is 18.1 Å². The second-order valence-electron chi connectivity index (χ2n) is 5.49. The highest BCUT2D eigenvalue weighted by atomic mass is 35.5. The third-order valence-corrected chi connectivity index (χ3v) is 6.27. The van der Waals surface area contributed by atoms with E-state index < -0.39 is 14.9 Å². The van der Waals surface area contributed by atoms with Gasteiger partial charge in [-0.1, -0.05) is 18.5 Å². The summed E-state index contributed by atoms with van der Waals surface area (Å²) < 4.78 is 32.2. The van der Waals surface area contributed by atoms with Gasteiger partial charge in [-0.2, -0.15) is 4.31 Å². The normalized spacial score (nSPS) is 18.5. The topological polar surface area (TPSA) is 89.8 Å². The van der Waals surface area contributed by atoms with Gasteiger partial charge in [0.2, 0.25) is 10.0 Å². The monoisotopic (exact) mass is 362 g/mol. The van der Waals surface area contributed by atoms with E-state index in [1.54, 1.807) is 6.92 Å². The van der Waals surface area contributed by atoms with E-state index in [2.05, 4.69) is 0 Å². The summed E-state index contributed by atoms with van der Waals surface area (Å²) in [6.07, 6.45) is 0.806. The Morgan fingerprint density at radius 3 is 2.70 bits per heavy atom. The predicted molar refractivity (Wildman–Crippen MR) is 86.2 cm³/mol. The Morgan fingerprint density at radius 1 is 1.48 bits per heavy atom. The lowest BCUT2D eigenvalue weighted by atomic mass is 10.1. The molecule has 1 atom stereocenters. The highest BCUT2D eigenvalue weighted by molar-refractivity contribution is 7.89. The van der Waals surface area contributed by atoms with Crippen molar-refractivity contribution in [3.8, 4) is 0 Å². The molecular formula is C14H19ClN2O5S. The van der Waals surface area contributed by atoms with Crippen LogP contribution in [0.15, 0.2) is 17.0 Å². The molecule has 0 amide bonds. The number of rotatable bonds is 6. The predicted octanol–water partition coefficient (Wildman–Crippen LogP) is 2.60. The van der Waals surface area contributed by atoms with Gasteiger partial charge < -0.3 is 4.74 Å². The third-order valence-electron chi connectivity index (χ3n) is 3.96. The fraction of sp³-hybridized carbons (Fsp3) is 0.571. The van der Waals surface area contributed by atoms with Crippen LogP contribution in [-0.4, -0.2) is 43.9 Å². The molecule has 1 aromatic rings. The number of halogens is 1. The Balaban J connectivity index is 2.39. The van der Waals surface area contributed by atoms with Crippen LogP contribution in [0.3, 0.4) is 0 Å². The Hall–Kier alpha value is -1.22. The molecule has 0 aromatic heterocycles. The minimum Gasteiger partial charge on any atom is -0.381 e. The zero-order valence-corrected chi connectivity index (χ0v) is 14.6. The van der Waals surface area contributed by atoms with E-state index in [0.717, 1.165) is 12.5 Å². The van der Waals surface area contributed by atoms with Crippen molar-refractivity contribution >= 4 is 27.3 Å². The molecule has 1 aliphatic heterocycles. The van der Waals surface area contributed by atoms with Gasteiger partial charge in [-0.05, 0) is 25.3 Å². The Kier molecular flexibility index (Phi) is 5.61. The molecule has 0 spiro atoms. The van der Waals surface area contributed by atoms with E-state index in [9.17, 15) is 18.5 Å². The highest BCUT2D eigenvalue weighted by Gasteiger charge is 2.30. The quantitative estimate of drug-likeness (QED) is 0.573. The van der Waals surface area contributed by atoms with Gasteiger partial charge in [-0.25, -0.2) is 8.42 Å². The van der Waals surface area contributed by atoms with Crippen molar-refractivity contribution in [2.24, 2.45) is 5.92 Å². The molecule has 1 unspecified atom stereocenters. The van der Waals surface area contributed by atoms with Crippen LogP contribution in [0.25, 0.3) is 0 Å². The Bertz CT molecular complexity index is 701. The van der Waals surface area contributed by atoms with Gasteiger partial charge in [0.05, 0.1) is 21.4 Å². The summed E-state index contributed by atoms with van der Waals surface area (Å²) in [6.45, 7) is 4.99. The summed E-state index contributed by atoms with van der Waals surface area (Å²) in [6, 6.07) is 2.34. The summed E-state index contributed by atoms with van der Waals surface area (Å²) in [7, 11) is -3.84. The van der Waals surface area contributed by atoms with Crippen LogP contribution < -0.4 is 0 Å². The molecule has 1 heterocycles. The number of ether oxygens (including phenoxy) is 1. The molecule has 1 saturated heterocycles. The number of nitro benzene ring substituents is 1. The van der Waals surface area contributed by atoms with E-state index in [-0.39, 0.29) is 33.6 Å². The molecule has 1 aromatic carbocycles. The van der Waals surface area contributed by atoms with Crippen molar-refractivity contribution in [1.29, 1.82) is 0 Å². The lowest BCUT2D eigenvalue weighted by molar-refractivity contribution is -0.385. The first kappa shape index (κ1) is 18.1. The van der Waals surface area contributed by atoms with Gasteiger partial charge in [0.1, 0.15) is 0 Å². The zero-order chi connectivity index (χ0) is 17.2. The van der Waals surface area contributed by atoms with E-state index >= 15 is 0 Å². The first-order chi connectivity index (χ1) is 10.8. The zero-order valence-electron chi connectivity index (χ0n) is 13.0. The fourth-order valence-electron chi connectivity index (χ4n) is 2.54. The highest BCUT2D eigenvalue weighted by Crippen LogP contribution is 2.31. The van der Waals surface area contributed by atoms with E-state index in [0.29, 0.717) is 19.8 Å². The third kappa shape index (κ3) is 3.82. The summed E-state index contributed by atoms with van der Waals surface area (Å²) in [5.74, 6) is 0.139. The van der Waals surface area contributed by atoms with Gasteiger partial charge in [-0.15, -0.1) is 0 Å². The lowest BCUT2D eigenvalue weighted by Crippen LogP contribution is -2.35. The van der Waals surface area contributed by atoms with Crippen molar-refractivity contribution in [2.75, 3.05) is 26.3 Å². The molecular weight excluding hydrogens is 344 g/mol. The lowest BCUT2D eigenvalue weighted by Gasteiger charge is -2.23. The molecule has 7 nitrogen and oxygen atoms in total. The van der Waals surface area contributed by atoms with Crippen LogP contribution in [0.4, 0.5) is 5.69 Å². The van der Waals surface area contributed by atoms with Gasteiger partial charge in [0.15, 0.2) is 0 Å². The number of nitro groups is 1. The van der Waals surface area contributed by atoms with Gasteiger partial charge in [0.25, 0.3) is 5.69 Å². The van der Waals surface area contributed by atoms with Gasteiger partial charge in [-0.3, -0.25) is 10.1 Å². The van der Waals surface area contributed by atoms with Crippen LogP contribution in [0.2, 0.25) is 5.02 Å². The number of nitrogens with zero attached hydrogens (tertiary/aromatic N) is 2. The van der Waals surface area contributed by atoms with E-state index in [1.807, 2.05) is 0 Å². The number of hydrogen-bond donors (Lipinski definition) is 0.